The van der Waals surface area contributed by atoms with Crippen LogP contribution in [-0.4, -0.2) is 43.0 Å². The van der Waals surface area contributed by atoms with E-state index in [1.807, 2.05) is 6.07 Å². The van der Waals surface area contributed by atoms with Gasteiger partial charge in [-0.25, -0.2) is 0 Å². The number of aromatic nitrogens is 1. The minimum atomic E-state index is -0.456. The van der Waals surface area contributed by atoms with Gasteiger partial charge in [-0.05, 0) is 29.8 Å². The number of nitrogens with one attached hydrogen (secondary N) is 1. The van der Waals surface area contributed by atoms with Gasteiger partial charge in [-0.15, -0.1) is 0 Å². The molecule has 2 amide bonds. The van der Waals surface area contributed by atoms with Crippen LogP contribution in [-0.2, 0) is 16.1 Å². The largest absolute Gasteiger partial charge is 0.497 e. The standard InChI is InChI=1S/C25H23N3O5/c1-31-17-10-11-19(21(13-17)33-3)27-23-22(18-8-4-5-9-20(18)32-2)24(29)28(25(23)30)15-16-7-6-12-26-14-16/h4-14,27H,15H2,1-3H3. The average molecular weight is 445 g/mol. The third-order valence-corrected chi connectivity index (χ3v) is 5.28. The number of nitrogens with zero attached hydrogens (tertiary/aromatic N) is 2. The van der Waals surface area contributed by atoms with Crippen molar-refractivity contribution in [3.05, 3.63) is 83.8 Å². The molecule has 1 aromatic heterocycles. The van der Waals surface area contributed by atoms with Crippen molar-refractivity contribution in [1.82, 2.24) is 9.88 Å². The number of para-hydroxylation sites is 1. The van der Waals surface area contributed by atoms with Crippen molar-refractivity contribution < 1.29 is 23.8 Å². The molecule has 0 unspecified atom stereocenters. The van der Waals surface area contributed by atoms with Gasteiger partial charge < -0.3 is 19.5 Å². The lowest BCUT2D eigenvalue weighted by Gasteiger charge is -2.16. The number of hydrogen-bond acceptors (Lipinski definition) is 7. The van der Waals surface area contributed by atoms with Crippen molar-refractivity contribution in [3.8, 4) is 17.2 Å². The number of ether oxygens (including phenoxy) is 3. The molecule has 2 heterocycles. The third-order valence-electron chi connectivity index (χ3n) is 5.28. The van der Waals surface area contributed by atoms with Gasteiger partial charge in [-0.2, -0.15) is 0 Å². The Kier molecular flexibility index (Phi) is 6.26. The lowest BCUT2D eigenvalue weighted by molar-refractivity contribution is -0.137. The molecular formula is C25H23N3O5. The van der Waals surface area contributed by atoms with Gasteiger partial charge in [0, 0.05) is 24.0 Å². The molecule has 0 atom stereocenters. The highest BCUT2D eigenvalue weighted by atomic mass is 16.5. The van der Waals surface area contributed by atoms with E-state index >= 15 is 0 Å². The van der Waals surface area contributed by atoms with Crippen molar-refractivity contribution in [2.45, 2.75) is 6.54 Å². The molecule has 0 saturated carbocycles. The van der Waals surface area contributed by atoms with Crippen LogP contribution in [0, 0.1) is 0 Å². The lowest BCUT2D eigenvalue weighted by atomic mass is 10.0. The van der Waals surface area contributed by atoms with Crippen LogP contribution in [0.2, 0.25) is 0 Å². The van der Waals surface area contributed by atoms with Crippen molar-refractivity contribution in [3.63, 3.8) is 0 Å². The Labute approximate surface area is 191 Å². The normalized spacial score (nSPS) is 13.4. The number of pyridine rings is 1. The summed E-state index contributed by atoms with van der Waals surface area (Å²) in [4.78, 5) is 32.3. The number of imide groups is 1. The minimum absolute atomic E-state index is 0.0923. The van der Waals surface area contributed by atoms with Crippen molar-refractivity contribution in [1.29, 1.82) is 0 Å². The van der Waals surface area contributed by atoms with Gasteiger partial charge in [-0.3, -0.25) is 19.5 Å². The van der Waals surface area contributed by atoms with Gasteiger partial charge in [0.2, 0.25) is 0 Å². The third kappa shape index (κ3) is 4.23. The Hall–Kier alpha value is -4.33. The summed E-state index contributed by atoms with van der Waals surface area (Å²) in [5.41, 5.74) is 2.13. The second kappa shape index (κ2) is 9.44. The molecule has 168 valence electrons. The molecule has 4 rings (SSSR count). The molecule has 0 bridgehead atoms. The van der Waals surface area contributed by atoms with E-state index in [0.29, 0.717) is 28.5 Å². The fourth-order valence-electron chi connectivity index (χ4n) is 3.65. The number of methoxy groups -OCH3 is 3. The molecular weight excluding hydrogens is 422 g/mol. The van der Waals surface area contributed by atoms with E-state index in [-0.39, 0.29) is 17.8 Å². The molecule has 2 aromatic carbocycles. The first-order chi connectivity index (χ1) is 16.1. The first kappa shape index (κ1) is 21.9. The molecule has 1 N–H and O–H groups in total. The maximum atomic E-state index is 13.5. The summed E-state index contributed by atoms with van der Waals surface area (Å²) in [6.45, 7) is 0.0923. The molecule has 33 heavy (non-hydrogen) atoms. The van der Waals surface area contributed by atoms with Crippen LogP contribution in [0.5, 0.6) is 17.2 Å². The summed E-state index contributed by atoms with van der Waals surface area (Å²) in [6, 6.07) is 15.8. The van der Waals surface area contributed by atoms with Crippen molar-refractivity contribution >= 4 is 23.1 Å². The van der Waals surface area contributed by atoms with E-state index in [2.05, 4.69) is 10.3 Å². The van der Waals surface area contributed by atoms with Crippen LogP contribution in [0.3, 0.4) is 0 Å². The van der Waals surface area contributed by atoms with E-state index in [1.165, 1.54) is 19.1 Å². The van der Waals surface area contributed by atoms with E-state index in [4.69, 9.17) is 14.2 Å². The Morgan fingerprint density at radius 2 is 1.67 bits per heavy atom. The van der Waals surface area contributed by atoms with Crippen LogP contribution in [0.1, 0.15) is 11.1 Å². The highest BCUT2D eigenvalue weighted by Gasteiger charge is 2.40. The molecule has 1 aliphatic heterocycles. The van der Waals surface area contributed by atoms with Gasteiger partial charge in [0.05, 0.1) is 39.1 Å². The van der Waals surface area contributed by atoms with Crippen LogP contribution >= 0.6 is 0 Å². The van der Waals surface area contributed by atoms with Gasteiger partial charge in [0.25, 0.3) is 11.8 Å². The second-order valence-corrected chi connectivity index (χ2v) is 7.20. The molecule has 0 spiro atoms. The molecule has 8 nitrogen and oxygen atoms in total. The molecule has 0 fully saturated rings. The number of carbonyl (C=O) groups excluding carboxylic acids is 2. The fraction of sp³-hybridized carbons (Fsp3) is 0.160. The highest BCUT2D eigenvalue weighted by Crippen LogP contribution is 2.38. The van der Waals surface area contributed by atoms with Crippen LogP contribution in [0.15, 0.2) is 72.7 Å². The second-order valence-electron chi connectivity index (χ2n) is 7.20. The first-order valence-electron chi connectivity index (χ1n) is 10.2. The summed E-state index contributed by atoms with van der Waals surface area (Å²) in [6.07, 6.45) is 3.26. The molecule has 0 radical (unpaired) electrons. The highest BCUT2D eigenvalue weighted by molar-refractivity contribution is 6.37. The Morgan fingerprint density at radius 3 is 2.36 bits per heavy atom. The lowest BCUT2D eigenvalue weighted by Crippen LogP contribution is -2.32. The van der Waals surface area contributed by atoms with Crippen molar-refractivity contribution in [2.24, 2.45) is 0 Å². The van der Waals surface area contributed by atoms with E-state index in [1.54, 1.807) is 68.0 Å². The predicted molar refractivity (Wildman–Crippen MR) is 123 cm³/mol. The summed E-state index contributed by atoms with van der Waals surface area (Å²) in [5.74, 6) is 0.666. The summed E-state index contributed by atoms with van der Waals surface area (Å²) in [7, 11) is 4.60. The van der Waals surface area contributed by atoms with Gasteiger partial charge in [0.1, 0.15) is 22.9 Å². The Balaban J connectivity index is 1.81. The number of amides is 2. The molecule has 1 aliphatic rings. The van der Waals surface area contributed by atoms with Gasteiger partial charge in [0.15, 0.2) is 0 Å². The maximum Gasteiger partial charge on any atom is 0.278 e. The molecule has 0 saturated heterocycles. The van der Waals surface area contributed by atoms with Crippen LogP contribution in [0.25, 0.3) is 5.57 Å². The summed E-state index contributed by atoms with van der Waals surface area (Å²) >= 11 is 0. The number of hydrogen-bond donors (Lipinski definition) is 1. The van der Waals surface area contributed by atoms with E-state index in [0.717, 1.165) is 5.56 Å². The topological polar surface area (TPSA) is 90.0 Å². The zero-order chi connectivity index (χ0) is 23.4. The van der Waals surface area contributed by atoms with Crippen molar-refractivity contribution in [2.75, 3.05) is 26.6 Å². The summed E-state index contributed by atoms with van der Waals surface area (Å²) < 4.78 is 16.2. The number of carbonyl (C=O) groups is 2. The SMILES string of the molecule is COc1ccc(NC2=C(c3ccccc3OC)C(=O)N(Cc3cccnc3)C2=O)c(OC)c1. The Morgan fingerprint density at radius 1 is 0.879 bits per heavy atom. The zero-order valence-electron chi connectivity index (χ0n) is 18.5. The molecule has 8 heteroatoms. The van der Waals surface area contributed by atoms with Gasteiger partial charge >= 0.3 is 0 Å². The molecule has 3 aromatic rings. The predicted octanol–water partition coefficient (Wildman–Crippen LogP) is 3.50. The smallest absolute Gasteiger partial charge is 0.278 e. The Bertz CT molecular complexity index is 1220. The monoisotopic (exact) mass is 445 g/mol. The quantitative estimate of drug-likeness (QED) is 0.531. The number of anilines is 1. The van der Waals surface area contributed by atoms with E-state index < -0.39 is 11.8 Å². The zero-order valence-corrected chi connectivity index (χ0v) is 18.5. The first-order valence-corrected chi connectivity index (χ1v) is 10.2. The number of benzene rings is 2. The fourth-order valence-corrected chi connectivity index (χ4v) is 3.65. The van der Waals surface area contributed by atoms with Crippen LogP contribution < -0.4 is 19.5 Å². The minimum Gasteiger partial charge on any atom is -0.497 e. The van der Waals surface area contributed by atoms with Crippen LogP contribution in [0.4, 0.5) is 5.69 Å². The summed E-state index contributed by atoms with van der Waals surface area (Å²) in [5, 5.41) is 3.12. The van der Waals surface area contributed by atoms with Gasteiger partial charge in [-0.1, -0.05) is 24.3 Å². The van der Waals surface area contributed by atoms with E-state index in [9.17, 15) is 9.59 Å². The molecule has 0 aliphatic carbocycles. The average Bonchev–Trinajstić information content (AvgIpc) is 3.08. The maximum absolute atomic E-state index is 13.5. The number of rotatable bonds is 8.